The highest BCUT2D eigenvalue weighted by molar-refractivity contribution is 5.43. The average Bonchev–Trinajstić information content (AvgIpc) is 2.45. The second kappa shape index (κ2) is 6.05. The molecule has 0 spiro atoms. The number of nitrogens with zero attached hydrogens (tertiary/aromatic N) is 2. The molecule has 0 saturated heterocycles. The van der Waals surface area contributed by atoms with Crippen LogP contribution >= 0.6 is 0 Å². The van der Waals surface area contributed by atoms with Gasteiger partial charge in [-0.2, -0.15) is 5.26 Å². The Labute approximate surface area is 127 Å². The molecule has 1 fully saturated rings. The van der Waals surface area contributed by atoms with Gasteiger partial charge in [0.25, 0.3) is 0 Å². The van der Waals surface area contributed by atoms with Crippen molar-refractivity contribution in [3.05, 3.63) is 22.9 Å². The first-order chi connectivity index (χ1) is 10.2. The van der Waals surface area contributed by atoms with E-state index in [2.05, 4.69) is 24.9 Å². The maximum atomic E-state index is 9.38. The third kappa shape index (κ3) is 3.20. The average molecular weight is 284 g/mol. The highest BCUT2D eigenvalue weighted by Crippen LogP contribution is 2.33. The Bertz CT molecular complexity index is 551. The van der Waals surface area contributed by atoms with Crippen LogP contribution in [0.5, 0.6) is 5.88 Å². The lowest BCUT2D eigenvalue weighted by Crippen LogP contribution is -2.29. The highest BCUT2D eigenvalue weighted by Gasteiger charge is 2.27. The van der Waals surface area contributed by atoms with Crippen LogP contribution in [0.25, 0.3) is 0 Å². The summed E-state index contributed by atoms with van der Waals surface area (Å²) in [6, 6.07) is 4.28. The number of pyridine rings is 1. The molecule has 1 aromatic heterocycles. The molecule has 21 heavy (non-hydrogen) atoms. The van der Waals surface area contributed by atoms with Gasteiger partial charge in [-0.3, -0.25) is 0 Å². The van der Waals surface area contributed by atoms with Gasteiger partial charge in [-0.15, -0.1) is 0 Å². The lowest BCUT2D eigenvalue weighted by atomic mass is 9.82. The number of aryl methyl sites for hydroxylation is 2. The van der Waals surface area contributed by atoms with Crippen LogP contribution in [0.3, 0.4) is 0 Å². The molecule has 2 atom stereocenters. The number of fused-ring (bicyclic) bond motifs is 1. The van der Waals surface area contributed by atoms with Crippen LogP contribution in [0.15, 0.2) is 6.07 Å². The number of nitriles is 1. The molecule has 1 heterocycles. The molecule has 0 aliphatic heterocycles. The van der Waals surface area contributed by atoms with Gasteiger partial charge in [-0.1, -0.05) is 13.8 Å². The first kappa shape index (κ1) is 14.4. The molecule has 0 N–H and O–H groups in total. The predicted molar refractivity (Wildman–Crippen MR) is 82.2 cm³/mol. The van der Waals surface area contributed by atoms with E-state index in [1.54, 1.807) is 0 Å². The van der Waals surface area contributed by atoms with E-state index in [0.29, 0.717) is 23.3 Å². The molecule has 112 valence electrons. The van der Waals surface area contributed by atoms with Gasteiger partial charge in [0.05, 0.1) is 0 Å². The fraction of sp³-hybridized carbons (Fsp3) is 0.667. The second-order valence-corrected chi connectivity index (χ2v) is 6.92. The Morgan fingerprint density at radius 3 is 2.57 bits per heavy atom. The Morgan fingerprint density at radius 1 is 1.14 bits per heavy atom. The topological polar surface area (TPSA) is 45.9 Å². The zero-order valence-electron chi connectivity index (χ0n) is 13.1. The van der Waals surface area contributed by atoms with Gasteiger partial charge in [0.15, 0.2) is 0 Å². The molecule has 3 nitrogen and oxygen atoms in total. The van der Waals surface area contributed by atoms with Crippen LogP contribution in [-0.4, -0.2) is 11.1 Å². The minimum Gasteiger partial charge on any atom is -0.473 e. The van der Waals surface area contributed by atoms with Gasteiger partial charge in [0.2, 0.25) is 5.88 Å². The molecule has 2 aliphatic carbocycles. The van der Waals surface area contributed by atoms with Crippen LogP contribution in [0, 0.1) is 23.2 Å². The number of rotatable bonds is 2. The molecular weight excluding hydrogens is 260 g/mol. The van der Waals surface area contributed by atoms with Crippen LogP contribution in [-0.2, 0) is 12.8 Å². The molecular formula is C18H24N2O. The lowest BCUT2D eigenvalue weighted by Gasteiger charge is -2.31. The maximum Gasteiger partial charge on any atom is 0.232 e. The van der Waals surface area contributed by atoms with E-state index in [-0.39, 0.29) is 6.10 Å². The molecule has 2 aliphatic rings. The Balaban J connectivity index is 1.82. The normalized spacial score (nSPS) is 28.5. The summed E-state index contributed by atoms with van der Waals surface area (Å²) in [5, 5.41) is 9.38. The summed E-state index contributed by atoms with van der Waals surface area (Å²) in [5.41, 5.74) is 3.00. The zero-order valence-corrected chi connectivity index (χ0v) is 13.1. The van der Waals surface area contributed by atoms with Gasteiger partial charge >= 0.3 is 0 Å². The number of aromatic nitrogens is 1. The molecule has 1 aromatic rings. The van der Waals surface area contributed by atoms with E-state index in [0.717, 1.165) is 31.4 Å². The summed E-state index contributed by atoms with van der Waals surface area (Å²) in [5.74, 6) is 1.97. The van der Waals surface area contributed by atoms with Gasteiger partial charge in [0, 0.05) is 5.69 Å². The number of hydrogen-bond donors (Lipinski definition) is 0. The van der Waals surface area contributed by atoms with Gasteiger partial charge in [0.1, 0.15) is 17.7 Å². The fourth-order valence-electron chi connectivity index (χ4n) is 3.91. The zero-order chi connectivity index (χ0) is 14.8. The molecule has 3 heteroatoms. The molecule has 1 saturated carbocycles. The molecule has 0 amide bonds. The number of hydrogen-bond acceptors (Lipinski definition) is 3. The molecule has 0 aromatic carbocycles. The standard InChI is InChI=1S/C18H24N2O/c1-12-7-13(2)9-16(8-12)21-18-15(11-19)10-14-5-3-4-6-17(14)20-18/h10,12-13,16H,3-9H2,1-2H3. The predicted octanol–water partition coefficient (Wildman–Crippen LogP) is 4.04. The van der Waals surface area contributed by atoms with Gasteiger partial charge < -0.3 is 4.74 Å². The van der Waals surface area contributed by atoms with E-state index >= 15 is 0 Å². The van der Waals surface area contributed by atoms with E-state index in [1.165, 1.54) is 24.8 Å². The van der Waals surface area contributed by atoms with E-state index in [1.807, 2.05) is 6.07 Å². The quantitative estimate of drug-likeness (QED) is 0.823. The lowest BCUT2D eigenvalue weighted by molar-refractivity contribution is 0.0961. The largest absolute Gasteiger partial charge is 0.473 e. The van der Waals surface area contributed by atoms with Crippen molar-refractivity contribution >= 4 is 0 Å². The van der Waals surface area contributed by atoms with Crippen molar-refractivity contribution < 1.29 is 4.74 Å². The van der Waals surface area contributed by atoms with Crippen molar-refractivity contribution in [1.29, 1.82) is 5.26 Å². The van der Waals surface area contributed by atoms with Crippen molar-refractivity contribution in [3.63, 3.8) is 0 Å². The minimum absolute atomic E-state index is 0.213. The highest BCUT2D eigenvalue weighted by atomic mass is 16.5. The minimum atomic E-state index is 0.213. The van der Waals surface area contributed by atoms with Crippen LogP contribution in [0.2, 0.25) is 0 Å². The molecule has 0 radical (unpaired) electrons. The Hall–Kier alpha value is -1.56. The SMILES string of the molecule is CC1CC(C)CC(Oc2nc3c(cc2C#N)CCCC3)C1. The smallest absolute Gasteiger partial charge is 0.232 e. The Kier molecular flexibility index (Phi) is 4.14. The summed E-state index contributed by atoms with van der Waals surface area (Å²) in [6.07, 6.45) is 8.12. The van der Waals surface area contributed by atoms with E-state index in [4.69, 9.17) is 4.74 Å². The van der Waals surface area contributed by atoms with E-state index < -0.39 is 0 Å². The van der Waals surface area contributed by atoms with Crippen molar-refractivity contribution in [1.82, 2.24) is 4.98 Å². The summed E-state index contributed by atoms with van der Waals surface area (Å²) in [7, 11) is 0. The molecule has 2 unspecified atom stereocenters. The second-order valence-electron chi connectivity index (χ2n) is 6.92. The van der Waals surface area contributed by atoms with Crippen molar-refractivity contribution in [2.45, 2.75) is 64.9 Å². The van der Waals surface area contributed by atoms with E-state index in [9.17, 15) is 5.26 Å². The van der Waals surface area contributed by atoms with Crippen molar-refractivity contribution in [3.8, 4) is 11.9 Å². The molecule has 3 rings (SSSR count). The monoisotopic (exact) mass is 284 g/mol. The Morgan fingerprint density at radius 2 is 1.86 bits per heavy atom. The summed E-state index contributed by atoms with van der Waals surface area (Å²) in [4.78, 5) is 4.68. The summed E-state index contributed by atoms with van der Waals surface area (Å²) < 4.78 is 6.15. The van der Waals surface area contributed by atoms with Crippen LogP contribution < -0.4 is 4.74 Å². The van der Waals surface area contributed by atoms with Crippen molar-refractivity contribution in [2.24, 2.45) is 11.8 Å². The third-order valence-electron chi connectivity index (χ3n) is 4.80. The summed E-state index contributed by atoms with van der Waals surface area (Å²) in [6.45, 7) is 4.58. The first-order valence-corrected chi connectivity index (χ1v) is 8.25. The van der Waals surface area contributed by atoms with Crippen LogP contribution in [0.1, 0.15) is 62.8 Å². The van der Waals surface area contributed by atoms with Gasteiger partial charge in [-0.25, -0.2) is 4.98 Å². The number of ether oxygens (including phenoxy) is 1. The summed E-state index contributed by atoms with van der Waals surface area (Å²) >= 11 is 0. The van der Waals surface area contributed by atoms with Crippen LogP contribution in [0.4, 0.5) is 0 Å². The molecule has 0 bridgehead atoms. The van der Waals surface area contributed by atoms with Gasteiger partial charge in [-0.05, 0) is 68.4 Å². The fourth-order valence-corrected chi connectivity index (χ4v) is 3.91. The first-order valence-electron chi connectivity index (χ1n) is 8.25. The third-order valence-corrected chi connectivity index (χ3v) is 4.80. The van der Waals surface area contributed by atoms with Crippen molar-refractivity contribution in [2.75, 3.05) is 0 Å². The maximum absolute atomic E-state index is 9.38.